The molecule has 2 N–H and O–H groups in total. The van der Waals surface area contributed by atoms with Crippen molar-refractivity contribution in [1.29, 1.82) is 0 Å². The van der Waals surface area contributed by atoms with Crippen LogP contribution in [0.15, 0.2) is 36.4 Å². The van der Waals surface area contributed by atoms with Gasteiger partial charge in [-0.3, -0.25) is 9.59 Å². The number of nitrogens with one attached hydrogen (secondary N) is 2. The Labute approximate surface area is 136 Å². The third-order valence-electron chi connectivity index (χ3n) is 3.10. The number of halogens is 2. The van der Waals surface area contributed by atoms with E-state index in [4.69, 9.17) is 27.9 Å². The van der Waals surface area contributed by atoms with Crippen LogP contribution in [-0.4, -0.2) is 18.4 Å². The molecule has 0 atom stereocenters. The van der Waals surface area contributed by atoms with Crippen LogP contribution < -0.4 is 15.4 Å². The van der Waals surface area contributed by atoms with E-state index >= 15 is 0 Å². The molecule has 2 aromatic rings. The molecule has 2 amide bonds. The van der Waals surface area contributed by atoms with Gasteiger partial charge in [-0.25, -0.2) is 0 Å². The number of anilines is 2. The van der Waals surface area contributed by atoms with Gasteiger partial charge >= 0.3 is 0 Å². The predicted octanol–water partition coefficient (Wildman–Crippen LogP) is 3.58. The Morgan fingerprint density at radius 2 is 1.82 bits per heavy atom. The summed E-state index contributed by atoms with van der Waals surface area (Å²) in [4.78, 5) is 23.9. The van der Waals surface area contributed by atoms with Crippen LogP contribution >= 0.6 is 23.2 Å². The van der Waals surface area contributed by atoms with E-state index in [1.807, 2.05) is 0 Å². The van der Waals surface area contributed by atoms with Crippen molar-refractivity contribution in [3.63, 3.8) is 0 Å². The first-order valence-corrected chi connectivity index (χ1v) is 7.13. The van der Waals surface area contributed by atoms with E-state index in [1.54, 1.807) is 36.4 Å². The van der Waals surface area contributed by atoms with Crippen LogP contribution in [0.2, 0.25) is 10.0 Å². The lowest BCUT2D eigenvalue weighted by Crippen LogP contribution is -2.27. The van der Waals surface area contributed by atoms with Crippen LogP contribution in [0, 0.1) is 0 Å². The maximum Gasteiger partial charge on any atom is 0.262 e. The molecule has 0 spiro atoms. The first kappa shape index (κ1) is 14.7. The number of amides is 2. The Morgan fingerprint density at radius 3 is 2.55 bits per heavy atom. The minimum atomic E-state index is -0.447. The zero-order chi connectivity index (χ0) is 15.7. The summed E-state index contributed by atoms with van der Waals surface area (Å²) < 4.78 is 5.28. The van der Waals surface area contributed by atoms with E-state index in [9.17, 15) is 9.59 Å². The van der Waals surface area contributed by atoms with Gasteiger partial charge in [-0.15, -0.1) is 0 Å². The molecule has 0 unspecified atom stereocenters. The maximum absolute atomic E-state index is 12.5. The van der Waals surface area contributed by atoms with Gasteiger partial charge in [0.15, 0.2) is 6.61 Å². The fraction of sp³-hybridized carbons (Fsp3) is 0.0667. The molecular weight excluding hydrogens is 327 g/mol. The molecule has 0 saturated carbocycles. The van der Waals surface area contributed by atoms with Crippen LogP contribution in [-0.2, 0) is 4.79 Å². The standard InChI is InChI=1S/C15H10Cl2N2O3/c16-9-4-2-5-10(17)14(9)19-15(21)8-3-1-6-11-13(8)18-12(20)7-22-11/h1-6H,7H2,(H,18,20)(H,19,21). The average Bonchev–Trinajstić information content (AvgIpc) is 2.50. The zero-order valence-corrected chi connectivity index (χ0v) is 12.7. The van der Waals surface area contributed by atoms with E-state index in [0.717, 1.165) is 0 Å². The lowest BCUT2D eigenvalue weighted by Gasteiger charge is -2.20. The summed E-state index contributed by atoms with van der Waals surface area (Å²) in [5.41, 5.74) is 0.914. The smallest absolute Gasteiger partial charge is 0.262 e. The van der Waals surface area contributed by atoms with Gasteiger partial charge in [0.2, 0.25) is 0 Å². The molecule has 0 aromatic heterocycles. The highest BCUT2D eigenvalue weighted by atomic mass is 35.5. The molecule has 0 saturated heterocycles. The summed E-state index contributed by atoms with van der Waals surface area (Å²) >= 11 is 12.1. The van der Waals surface area contributed by atoms with Crippen molar-refractivity contribution in [2.75, 3.05) is 17.2 Å². The summed E-state index contributed by atoms with van der Waals surface area (Å²) in [6.45, 7) is -0.0750. The summed E-state index contributed by atoms with van der Waals surface area (Å²) in [5, 5.41) is 5.93. The monoisotopic (exact) mass is 336 g/mol. The zero-order valence-electron chi connectivity index (χ0n) is 11.2. The molecule has 22 heavy (non-hydrogen) atoms. The molecule has 112 valence electrons. The summed E-state index contributed by atoms with van der Waals surface area (Å²) in [6, 6.07) is 9.84. The number of hydrogen-bond acceptors (Lipinski definition) is 3. The molecule has 1 aliphatic rings. The van der Waals surface area contributed by atoms with Crippen LogP contribution in [0.4, 0.5) is 11.4 Å². The minimum absolute atomic E-state index is 0.0750. The van der Waals surface area contributed by atoms with Crippen LogP contribution in [0.3, 0.4) is 0 Å². The minimum Gasteiger partial charge on any atom is -0.482 e. The van der Waals surface area contributed by atoms with E-state index < -0.39 is 5.91 Å². The van der Waals surface area contributed by atoms with Crippen molar-refractivity contribution in [2.45, 2.75) is 0 Å². The molecule has 1 heterocycles. The third kappa shape index (κ3) is 2.73. The van der Waals surface area contributed by atoms with E-state index in [0.29, 0.717) is 27.2 Å². The summed E-state index contributed by atoms with van der Waals surface area (Å²) in [6.07, 6.45) is 0. The van der Waals surface area contributed by atoms with Gasteiger partial charge in [0.05, 0.1) is 27.0 Å². The molecule has 5 nitrogen and oxygen atoms in total. The van der Waals surface area contributed by atoms with E-state index in [1.165, 1.54) is 0 Å². The van der Waals surface area contributed by atoms with Crippen molar-refractivity contribution in [3.8, 4) is 5.75 Å². The summed E-state index contributed by atoms with van der Waals surface area (Å²) in [5.74, 6) is -0.321. The second-order valence-corrected chi connectivity index (χ2v) is 5.38. The first-order chi connectivity index (χ1) is 10.6. The Balaban J connectivity index is 1.95. The van der Waals surface area contributed by atoms with Gasteiger partial charge in [-0.05, 0) is 24.3 Å². The first-order valence-electron chi connectivity index (χ1n) is 6.37. The number of fused-ring (bicyclic) bond motifs is 1. The Morgan fingerprint density at radius 1 is 1.14 bits per heavy atom. The SMILES string of the molecule is O=C1COc2cccc(C(=O)Nc3c(Cl)cccc3Cl)c2N1. The average molecular weight is 337 g/mol. The fourth-order valence-electron chi connectivity index (χ4n) is 2.09. The van der Waals surface area contributed by atoms with Crippen LogP contribution in [0.25, 0.3) is 0 Å². The maximum atomic E-state index is 12.5. The Bertz CT molecular complexity index is 757. The lowest BCUT2D eigenvalue weighted by molar-refractivity contribution is -0.118. The number of hydrogen-bond donors (Lipinski definition) is 2. The van der Waals surface area contributed by atoms with Crippen molar-refractivity contribution in [1.82, 2.24) is 0 Å². The van der Waals surface area contributed by atoms with Crippen molar-refractivity contribution >= 4 is 46.4 Å². The van der Waals surface area contributed by atoms with Gasteiger partial charge < -0.3 is 15.4 Å². The second kappa shape index (κ2) is 5.87. The van der Waals surface area contributed by atoms with E-state index in [2.05, 4.69) is 10.6 Å². The molecule has 7 heteroatoms. The van der Waals surface area contributed by atoms with Gasteiger partial charge in [-0.2, -0.15) is 0 Å². The van der Waals surface area contributed by atoms with Gasteiger partial charge in [0.25, 0.3) is 11.8 Å². The van der Waals surface area contributed by atoms with E-state index in [-0.39, 0.29) is 18.1 Å². The van der Waals surface area contributed by atoms with Crippen LogP contribution in [0.5, 0.6) is 5.75 Å². The number of ether oxygens (including phenoxy) is 1. The number of carbonyl (C=O) groups excluding carboxylic acids is 2. The highest BCUT2D eigenvalue weighted by Gasteiger charge is 2.23. The van der Waals surface area contributed by atoms with Gasteiger partial charge in [-0.1, -0.05) is 35.3 Å². The molecule has 3 rings (SSSR count). The number of para-hydroxylation sites is 2. The quantitative estimate of drug-likeness (QED) is 0.880. The third-order valence-corrected chi connectivity index (χ3v) is 3.73. The second-order valence-electron chi connectivity index (χ2n) is 4.57. The topological polar surface area (TPSA) is 67.4 Å². The lowest BCUT2D eigenvalue weighted by atomic mass is 10.1. The van der Waals surface area contributed by atoms with Crippen molar-refractivity contribution < 1.29 is 14.3 Å². The number of carbonyl (C=O) groups is 2. The summed E-state index contributed by atoms with van der Waals surface area (Å²) in [7, 11) is 0. The largest absolute Gasteiger partial charge is 0.482 e. The van der Waals surface area contributed by atoms with Gasteiger partial charge in [0.1, 0.15) is 5.75 Å². The van der Waals surface area contributed by atoms with Crippen LogP contribution in [0.1, 0.15) is 10.4 Å². The Hall–Kier alpha value is -2.24. The molecule has 1 aliphatic heterocycles. The molecule has 0 fully saturated rings. The number of rotatable bonds is 2. The highest BCUT2D eigenvalue weighted by molar-refractivity contribution is 6.40. The highest BCUT2D eigenvalue weighted by Crippen LogP contribution is 2.34. The number of benzene rings is 2. The van der Waals surface area contributed by atoms with Gasteiger partial charge in [0, 0.05) is 0 Å². The van der Waals surface area contributed by atoms with Crippen molar-refractivity contribution in [3.05, 3.63) is 52.0 Å². The molecule has 0 radical (unpaired) electrons. The normalized spacial score (nSPS) is 12.9. The Kier molecular flexibility index (Phi) is 3.92. The predicted molar refractivity (Wildman–Crippen MR) is 85.0 cm³/mol. The molecule has 2 aromatic carbocycles. The molecule has 0 bridgehead atoms. The van der Waals surface area contributed by atoms with Crippen molar-refractivity contribution in [2.24, 2.45) is 0 Å². The molecule has 0 aliphatic carbocycles. The molecular formula is C15H10Cl2N2O3. The fourth-order valence-corrected chi connectivity index (χ4v) is 2.58.